The van der Waals surface area contributed by atoms with Crippen molar-refractivity contribution < 1.29 is 35.3 Å². The molecule has 0 aromatic rings. The molecule has 0 aliphatic carbocycles. The Bertz CT molecular complexity index is 336. The van der Waals surface area contributed by atoms with Crippen molar-refractivity contribution in [2.75, 3.05) is 0 Å². The highest BCUT2D eigenvalue weighted by Crippen LogP contribution is 2.44. The fraction of sp³-hybridized carbons (Fsp3) is 1.00. The summed E-state index contributed by atoms with van der Waals surface area (Å²) in [5.41, 5.74) is 0. The molecule has 0 bridgehead atoms. The lowest BCUT2D eigenvalue weighted by molar-refractivity contribution is -0.321. The summed E-state index contributed by atoms with van der Waals surface area (Å²) < 4.78 is 76.8. The van der Waals surface area contributed by atoms with Crippen LogP contribution in [0.25, 0.3) is 0 Å². The molecule has 0 saturated carbocycles. The van der Waals surface area contributed by atoms with Gasteiger partial charge in [-0.1, -0.05) is 34.8 Å². The molecule has 0 saturated heterocycles. The summed E-state index contributed by atoms with van der Waals surface area (Å²) in [5.74, 6) is 0. The van der Waals surface area contributed by atoms with Gasteiger partial charge in [-0.3, -0.25) is 9.29 Å². The van der Waals surface area contributed by atoms with Crippen LogP contribution in [-0.2, 0) is 14.9 Å². The van der Waals surface area contributed by atoms with Gasteiger partial charge in [0, 0.05) is 0 Å². The number of alkyl halides is 7. The van der Waals surface area contributed by atoms with Gasteiger partial charge in [0.2, 0.25) is 0 Å². The number of rotatable bonds is 3. The number of hydrogen-bond donors (Lipinski definition) is 1. The third-order valence-electron chi connectivity index (χ3n) is 0.907. The van der Waals surface area contributed by atoms with E-state index in [0.717, 1.165) is 0 Å². The standard InChI is InChI=1S/C3HCl3F4O4S/c4-3(5,6)14-1(7,8)2(9,10)15(11,12)13/h(H,11,12,13). The van der Waals surface area contributed by atoms with Crippen LogP contribution in [0.15, 0.2) is 0 Å². The van der Waals surface area contributed by atoms with Crippen molar-refractivity contribution in [3.05, 3.63) is 0 Å². The molecule has 0 aromatic heterocycles. The van der Waals surface area contributed by atoms with Gasteiger partial charge in [-0.15, -0.1) is 0 Å². The number of hydrogen-bond acceptors (Lipinski definition) is 3. The smallest absolute Gasteiger partial charge is 0.281 e. The van der Waals surface area contributed by atoms with Crippen LogP contribution in [0.3, 0.4) is 0 Å². The Labute approximate surface area is 95.8 Å². The second-order valence-corrected chi connectivity index (χ2v) is 5.70. The first-order valence-corrected chi connectivity index (χ1v) is 5.28. The van der Waals surface area contributed by atoms with E-state index >= 15 is 0 Å². The Morgan fingerprint density at radius 1 is 1.07 bits per heavy atom. The van der Waals surface area contributed by atoms with E-state index in [4.69, 9.17) is 4.55 Å². The molecule has 4 nitrogen and oxygen atoms in total. The van der Waals surface area contributed by atoms with Crippen molar-refractivity contribution in [2.24, 2.45) is 0 Å². The molecule has 0 unspecified atom stereocenters. The SMILES string of the molecule is O=S(=O)(O)C(F)(F)C(F)(F)OC(Cl)(Cl)Cl. The molecule has 0 aliphatic rings. The first-order chi connectivity index (χ1) is 6.21. The normalized spacial score (nSPS) is 15.5. The highest BCUT2D eigenvalue weighted by atomic mass is 35.6. The highest BCUT2D eigenvalue weighted by Gasteiger charge is 2.69. The zero-order chi connectivity index (χ0) is 12.7. The summed E-state index contributed by atoms with van der Waals surface area (Å²) in [7, 11) is -6.42. The van der Waals surface area contributed by atoms with E-state index in [1.54, 1.807) is 0 Å². The van der Waals surface area contributed by atoms with Crippen molar-refractivity contribution in [3.63, 3.8) is 0 Å². The molecular formula is C3HCl3F4O4S. The van der Waals surface area contributed by atoms with E-state index < -0.39 is 25.5 Å². The van der Waals surface area contributed by atoms with E-state index in [-0.39, 0.29) is 0 Å². The fourth-order valence-electron chi connectivity index (χ4n) is 0.355. The van der Waals surface area contributed by atoms with E-state index in [9.17, 15) is 26.0 Å². The first-order valence-electron chi connectivity index (χ1n) is 2.70. The van der Waals surface area contributed by atoms with Gasteiger partial charge in [-0.2, -0.15) is 26.0 Å². The second-order valence-electron chi connectivity index (χ2n) is 2.06. The van der Waals surface area contributed by atoms with Crippen LogP contribution in [0.1, 0.15) is 0 Å². The molecule has 0 rings (SSSR count). The minimum atomic E-state index is -6.42. The Kier molecular flexibility index (Phi) is 4.17. The van der Waals surface area contributed by atoms with Gasteiger partial charge in [0.25, 0.3) is 0 Å². The lowest BCUT2D eigenvalue weighted by atomic mass is 10.6. The second kappa shape index (κ2) is 4.04. The monoisotopic (exact) mass is 314 g/mol. The van der Waals surface area contributed by atoms with Gasteiger partial charge < -0.3 is 0 Å². The molecule has 12 heteroatoms. The van der Waals surface area contributed by atoms with Crippen molar-refractivity contribution in [1.29, 1.82) is 0 Å². The summed E-state index contributed by atoms with van der Waals surface area (Å²) >= 11 is 13.8. The van der Waals surface area contributed by atoms with Crippen LogP contribution in [0.2, 0.25) is 0 Å². The molecule has 15 heavy (non-hydrogen) atoms. The maximum atomic E-state index is 12.4. The molecule has 0 aliphatic heterocycles. The molecular weight excluding hydrogens is 314 g/mol. The average molecular weight is 315 g/mol. The Hall–Kier alpha value is 0.460. The topological polar surface area (TPSA) is 63.6 Å². The predicted octanol–water partition coefficient (Wildman–Crippen LogP) is 2.40. The molecule has 0 aromatic carbocycles. The lowest BCUT2D eigenvalue weighted by Gasteiger charge is -2.26. The van der Waals surface area contributed by atoms with Crippen LogP contribution in [-0.4, -0.2) is 28.3 Å². The zero-order valence-electron chi connectivity index (χ0n) is 6.23. The molecule has 1 N–H and O–H groups in total. The Balaban J connectivity index is 5.21. The van der Waals surface area contributed by atoms with Crippen LogP contribution < -0.4 is 0 Å². The number of halogens is 7. The Morgan fingerprint density at radius 2 is 1.40 bits per heavy atom. The zero-order valence-corrected chi connectivity index (χ0v) is 9.31. The van der Waals surface area contributed by atoms with E-state index in [1.807, 2.05) is 0 Å². The molecule has 0 spiro atoms. The highest BCUT2D eigenvalue weighted by molar-refractivity contribution is 7.86. The molecule has 0 fully saturated rings. The van der Waals surface area contributed by atoms with Crippen molar-refractivity contribution in [3.8, 4) is 0 Å². The minimum absolute atomic E-state index is 2.89. The van der Waals surface area contributed by atoms with E-state index in [2.05, 4.69) is 39.5 Å². The summed E-state index contributed by atoms with van der Waals surface area (Å²) in [6.45, 7) is 0. The summed E-state index contributed by atoms with van der Waals surface area (Å²) in [6.07, 6.45) is -5.70. The fourth-order valence-corrected chi connectivity index (χ4v) is 0.988. The van der Waals surface area contributed by atoms with Crippen molar-refractivity contribution in [2.45, 2.75) is 15.3 Å². The first kappa shape index (κ1) is 15.5. The largest absolute Gasteiger partial charge is 0.460 e. The summed E-state index contributed by atoms with van der Waals surface area (Å²) in [5, 5.41) is -5.94. The summed E-state index contributed by atoms with van der Waals surface area (Å²) in [4.78, 5) is 0. The van der Waals surface area contributed by atoms with Crippen molar-refractivity contribution in [1.82, 2.24) is 0 Å². The van der Waals surface area contributed by atoms with Gasteiger partial charge >= 0.3 is 25.5 Å². The summed E-state index contributed by atoms with van der Waals surface area (Å²) in [6, 6.07) is 0. The molecule has 0 heterocycles. The quantitative estimate of drug-likeness (QED) is 0.493. The molecule has 0 amide bonds. The third-order valence-corrected chi connectivity index (χ3v) is 2.02. The van der Waals surface area contributed by atoms with Crippen LogP contribution in [0, 0.1) is 0 Å². The maximum Gasteiger partial charge on any atom is 0.460 e. The van der Waals surface area contributed by atoms with Crippen LogP contribution >= 0.6 is 34.8 Å². The molecule has 0 atom stereocenters. The molecule has 0 radical (unpaired) electrons. The average Bonchev–Trinajstić information content (AvgIpc) is 1.77. The van der Waals surface area contributed by atoms with Crippen LogP contribution in [0.5, 0.6) is 0 Å². The maximum absolute atomic E-state index is 12.4. The Morgan fingerprint density at radius 3 is 1.60 bits per heavy atom. The lowest BCUT2D eigenvalue weighted by Crippen LogP contribution is -2.50. The van der Waals surface area contributed by atoms with Gasteiger partial charge in [0.1, 0.15) is 0 Å². The minimum Gasteiger partial charge on any atom is -0.281 e. The van der Waals surface area contributed by atoms with Gasteiger partial charge in [-0.05, 0) is 0 Å². The van der Waals surface area contributed by atoms with Crippen LogP contribution in [0.4, 0.5) is 17.6 Å². The van der Waals surface area contributed by atoms with E-state index in [0.29, 0.717) is 0 Å². The third kappa shape index (κ3) is 3.75. The van der Waals surface area contributed by atoms with Gasteiger partial charge in [0.05, 0.1) is 0 Å². The predicted molar refractivity (Wildman–Crippen MR) is 42.8 cm³/mol. The number of ether oxygens (including phenoxy) is 1. The van der Waals surface area contributed by atoms with Gasteiger partial charge in [-0.25, -0.2) is 0 Å². The van der Waals surface area contributed by atoms with Gasteiger partial charge in [0.15, 0.2) is 0 Å². The van der Waals surface area contributed by atoms with E-state index in [1.165, 1.54) is 0 Å². The molecule has 92 valence electrons. The van der Waals surface area contributed by atoms with Crippen molar-refractivity contribution >= 4 is 44.9 Å².